The number of hydrogen-bond donors (Lipinski definition) is 2. The second-order valence-corrected chi connectivity index (χ2v) is 8.08. The largest absolute Gasteiger partial charge is 0.497 e. The van der Waals surface area contributed by atoms with Crippen molar-refractivity contribution in [3.05, 3.63) is 71.4 Å². The summed E-state index contributed by atoms with van der Waals surface area (Å²) < 4.78 is 5.24. The molecule has 0 radical (unpaired) electrons. The maximum Gasteiger partial charge on any atom is 0.227 e. The van der Waals surface area contributed by atoms with Crippen LogP contribution in [0.2, 0.25) is 5.02 Å². The van der Waals surface area contributed by atoms with Gasteiger partial charge in [-0.15, -0.1) is 0 Å². The van der Waals surface area contributed by atoms with Crippen LogP contribution in [0.5, 0.6) is 5.75 Å². The maximum atomic E-state index is 12.6. The number of benzene rings is 2. The van der Waals surface area contributed by atoms with Crippen LogP contribution in [0.4, 0.5) is 17.5 Å². The average molecular weight is 452 g/mol. The average Bonchev–Trinajstić information content (AvgIpc) is 2.84. The molecule has 1 aromatic heterocycles. The van der Waals surface area contributed by atoms with E-state index in [0.29, 0.717) is 23.3 Å². The molecule has 32 heavy (non-hydrogen) atoms. The van der Waals surface area contributed by atoms with E-state index in [4.69, 9.17) is 16.3 Å². The summed E-state index contributed by atoms with van der Waals surface area (Å²) in [4.78, 5) is 23.8. The third-order valence-corrected chi connectivity index (χ3v) is 5.86. The maximum absolute atomic E-state index is 12.6. The molecule has 2 N–H and O–H groups in total. The van der Waals surface area contributed by atoms with Gasteiger partial charge in [-0.3, -0.25) is 4.79 Å². The van der Waals surface area contributed by atoms with Gasteiger partial charge in [0.2, 0.25) is 11.9 Å². The molecule has 1 aliphatic heterocycles. The van der Waals surface area contributed by atoms with Crippen LogP contribution >= 0.6 is 11.6 Å². The predicted octanol–water partition coefficient (Wildman–Crippen LogP) is 4.42. The van der Waals surface area contributed by atoms with Crippen molar-refractivity contribution in [3.8, 4) is 5.75 Å². The second-order valence-electron chi connectivity index (χ2n) is 7.68. The fraction of sp³-hybridized carbons (Fsp3) is 0.292. The quantitative estimate of drug-likeness (QED) is 0.553. The number of aromatic nitrogens is 2. The van der Waals surface area contributed by atoms with Gasteiger partial charge in [0, 0.05) is 31.7 Å². The SMILES string of the molecule is COc1cccc(CNC(=O)C2CCN(c3nccc(Nc4ccccc4Cl)n3)CC2)c1. The number of carbonyl (C=O) groups excluding carboxylic acids is 1. The number of piperidine rings is 1. The Labute approximate surface area is 192 Å². The molecule has 4 rings (SSSR count). The molecule has 1 saturated heterocycles. The number of amides is 1. The summed E-state index contributed by atoms with van der Waals surface area (Å²) >= 11 is 6.23. The lowest BCUT2D eigenvalue weighted by atomic mass is 9.96. The van der Waals surface area contributed by atoms with Crippen molar-refractivity contribution in [2.24, 2.45) is 5.92 Å². The molecular formula is C24H26ClN5O2. The number of nitrogens with one attached hydrogen (secondary N) is 2. The Balaban J connectivity index is 1.30. The Bertz CT molecular complexity index is 1070. The summed E-state index contributed by atoms with van der Waals surface area (Å²) in [5.41, 5.74) is 1.82. The van der Waals surface area contributed by atoms with Gasteiger partial charge < -0.3 is 20.3 Å². The highest BCUT2D eigenvalue weighted by Crippen LogP contribution is 2.26. The topological polar surface area (TPSA) is 79.4 Å². The fourth-order valence-electron chi connectivity index (χ4n) is 3.73. The molecule has 0 aliphatic carbocycles. The zero-order chi connectivity index (χ0) is 22.3. The van der Waals surface area contributed by atoms with E-state index >= 15 is 0 Å². The van der Waals surface area contributed by atoms with E-state index in [1.165, 1.54) is 0 Å². The first kappa shape index (κ1) is 21.9. The van der Waals surface area contributed by atoms with Gasteiger partial charge in [0.05, 0.1) is 17.8 Å². The summed E-state index contributed by atoms with van der Waals surface area (Å²) in [5, 5.41) is 6.92. The lowest BCUT2D eigenvalue weighted by Crippen LogP contribution is -2.41. The third-order valence-electron chi connectivity index (χ3n) is 5.53. The van der Waals surface area contributed by atoms with E-state index in [9.17, 15) is 4.79 Å². The molecule has 1 amide bonds. The molecule has 1 fully saturated rings. The Morgan fingerprint density at radius 2 is 1.97 bits per heavy atom. The lowest BCUT2D eigenvalue weighted by Gasteiger charge is -2.31. The monoisotopic (exact) mass is 451 g/mol. The molecule has 2 heterocycles. The Kier molecular flexibility index (Phi) is 7.07. The fourth-order valence-corrected chi connectivity index (χ4v) is 3.91. The number of halogens is 1. The summed E-state index contributed by atoms with van der Waals surface area (Å²) in [6, 6.07) is 17.1. The van der Waals surface area contributed by atoms with Crippen molar-refractivity contribution in [3.63, 3.8) is 0 Å². The van der Waals surface area contributed by atoms with E-state index < -0.39 is 0 Å². The van der Waals surface area contributed by atoms with Crippen molar-refractivity contribution >= 4 is 35.0 Å². The molecule has 7 nitrogen and oxygen atoms in total. The van der Waals surface area contributed by atoms with Crippen molar-refractivity contribution in [2.75, 3.05) is 30.4 Å². The summed E-state index contributed by atoms with van der Waals surface area (Å²) in [6.07, 6.45) is 3.25. The van der Waals surface area contributed by atoms with Gasteiger partial charge >= 0.3 is 0 Å². The molecule has 0 bridgehead atoms. The molecule has 0 spiro atoms. The number of carbonyl (C=O) groups is 1. The van der Waals surface area contributed by atoms with Crippen molar-refractivity contribution in [2.45, 2.75) is 19.4 Å². The standard InChI is InChI=1S/C24H26ClN5O2/c1-32-19-6-4-5-17(15-19)16-27-23(31)18-10-13-30(14-11-18)24-26-12-9-22(29-24)28-21-8-3-2-7-20(21)25/h2-9,12,15,18H,10-11,13-14,16H2,1H3,(H,27,31)(H,26,28,29). The number of hydrogen-bond acceptors (Lipinski definition) is 6. The molecule has 166 valence electrons. The highest BCUT2D eigenvalue weighted by molar-refractivity contribution is 6.33. The van der Waals surface area contributed by atoms with Crippen LogP contribution in [0.25, 0.3) is 0 Å². The van der Waals surface area contributed by atoms with Crippen LogP contribution in [-0.2, 0) is 11.3 Å². The van der Waals surface area contributed by atoms with E-state index in [2.05, 4.69) is 25.5 Å². The number of anilines is 3. The number of ether oxygens (including phenoxy) is 1. The van der Waals surface area contributed by atoms with Crippen LogP contribution < -0.4 is 20.3 Å². The molecule has 0 unspecified atom stereocenters. The summed E-state index contributed by atoms with van der Waals surface area (Å²) in [7, 11) is 1.64. The predicted molar refractivity (Wildman–Crippen MR) is 127 cm³/mol. The molecule has 2 aromatic carbocycles. The Morgan fingerprint density at radius 1 is 1.16 bits per heavy atom. The Hall–Kier alpha value is -3.32. The highest BCUT2D eigenvalue weighted by atomic mass is 35.5. The molecule has 3 aromatic rings. The van der Waals surface area contributed by atoms with Gasteiger partial charge in [0.15, 0.2) is 0 Å². The van der Waals surface area contributed by atoms with E-state index in [1.54, 1.807) is 13.3 Å². The van der Waals surface area contributed by atoms with E-state index in [0.717, 1.165) is 42.9 Å². The summed E-state index contributed by atoms with van der Waals surface area (Å²) in [5.74, 6) is 2.19. The first-order valence-corrected chi connectivity index (χ1v) is 11.0. The van der Waals surface area contributed by atoms with Gasteiger partial charge in [0.1, 0.15) is 11.6 Å². The second kappa shape index (κ2) is 10.3. The van der Waals surface area contributed by atoms with Crippen LogP contribution in [0.15, 0.2) is 60.8 Å². The minimum Gasteiger partial charge on any atom is -0.497 e. The molecular weight excluding hydrogens is 426 g/mol. The molecule has 1 aliphatic rings. The zero-order valence-corrected chi connectivity index (χ0v) is 18.7. The number of rotatable bonds is 7. The van der Waals surface area contributed by atoms with Crippen molar-refractivity contribution < 1.29 is 9.53 Å². The van der Waals surface area contributed by atoms with Crippen LogP contribution in [0.1, 0.15) is 18.4 Å². The molecule has 0 saturated carbocycles. The first-order valence-electron chi connectivity index (χ1n) is 10.6. The number of methoxy groups -OCH3 is 1. The zero-order valence-electron chi connectivity index (χ0n) is 17.9. The highest BCUT2D eigenvalue weighted by Gasteiger charge is 2.26. The summed E-state index contributed by atoms with van der Waals surface area (Å²) in [6.45, 7) is 1.95. The van der Waals surface area contributed by atoms with Crippen LogP contribution in [0, 0.1) is 5.92 Å². The third kappa shape index (κ3) is 5.48. The number of para-hydroxylation sites is 1. The normalized spacial score (nSPS) is 14.1. The minimum absolute atomic E-state index is 0.0127. The van der Waals surface area contributed by atoms with E-state index in [1.807, 2.05) is 54.6 Å². The van der Waals surface area contributed by atoms with Crippen molar-refractivity contribution in [1.82, 2.24) is 15.3 Å². The first-order chi connectivity index (χ1) is 15.6. The smallest absolute Gasteiger partial charge is 0.227 e. The minimum atomic E-state index is -0.0127. The van der Waals surface area contributed by atoms with E-state index in [-0.39, 0.29) is 11.8 Å². The van der Waals surface area contributed by atoms with Gasteiger partial charge in [-0.2, -0.15) is 4.98 Å². The van der Waals surface area contributed by atoms with Gasteiger partial charge in [-0.05, 0) is 48.7 Å². The molecule has 8 heteroatoms. The van der Waals surface area contributed by atoms with Crippen LogP contribution in [0.3, 0.4) is 0 Å². The number of nitrogens with zero attached hydrogens (tertiary/aromatic N) is 3. The van der Waals surface area contributed by atoms with Gasteiger partial charge in [-0.25, -0.2) is 4.98 Å². The van der Waals surface area contributed by atoms with Gasteiger partial charge in [0.25, 0.3) is 0 Å². The van der Waals surface area contributed by atoms with Gasteiger partial charge in [-0.1, -0.05) is 35.9 Å². The lowest BCUT2D eigenvalue weighted by molar-refractivity contribution is -0.125. The Morgan fingerprint density at radius 3 is 2.75 bits per heavy atom. The molecule has 0 atom stereocenters. The van der Waals surface area contributed by atoms with Crippen LogP contribution in [-0.4, -0.2) is 36.1 Å². The van der Waals surface area contributed by atoms with Crippen molar-refractivity contribution in [1.29, 1.82) is 0 Å².